The predicted molar refractivity (Wildman–Crippen MR) is 143 cm³/mol. The van der Waals surface area contributed by atoms with Gasteiger partial charge in [-0.1, -0.05) is 161 Å². The molecule has 2 N–H and O–H groups in total. The summed E-state index contributed by atoms with van der Waals surface area (Å²) in [4.78, 5) is 0. The minimum atomic E-state index is 0.354. The predicted octanol–water partition coefficient (Wildman–Crippen LogP) is 10.4. The maximum atomic E-state index is 10.1. The summed E-state index contributed by atoms with van der Waals surface area (Å²) in [7, 11) is 0. The lowest BCUT2D eigenvalue weighted by Gasteiger charge is -2.09. The van der Waals surface area contributed by atoms with E-state index in [9.17, 15) is 5.11 Å². The number of hydrogen-bond donors (Lipinski definition) is 2. The molecular weight excluding hydrogens is 392 g/mol. The fourth-order valence-electron chi connectivity index (χ4n) is 4.68. The van der Waals surface area contributed by atoms with Crippen LogP contribution in [0.2, 0.25) is 0 Å². The van der Waals surface area contributed by atoms with E-state index in [4.69, 9.17) is 5.11 Å². The van der Waals surface area contributed by atoms with E-state index in [1.165, 1.54) is 154 Å². The van der Waals surface area contributed by atoms with Crippen molar-refractivity contribution in [3.05, 3.63) is 6.10 Å². The van der Waals surface area contributed by atoms with Gasteiger partial charge in [-0.3, -0.25) is 0 Å². The van der Waals surface area contributed by atoms with Crippen LogP contribution in [0.5, 0.6) is 0 Å². The van der Waals surface area contributed by atoms with Crippen LogP contribution in [0.4, 0.5) is 0 Å². The van der Waals surface area contributed by atoms with E-state index in [0.29, 0.717) is 6.61 Å². The van der Waals surface area contributed by atoms with Gasteiger partial charge in [0, 0.05) is 6.61 Å². The Balaban J connectivity index is 3.13. The van der Waals surface area contributed by atoms with Gasteiger partial charge in [-0.25, -0.2) is 0 Å². The van der Waals surface area contributed by atoms with E-state index in [0.717, 1.165) is 25.4 Å². The van der Waals surface area contributed by atoms with Gasteiger partial charge in [-0.05, 0) is 19.3 Å². The third kappa shape index (κ3) is 28.0. The van der Waals surface area contributed by atoms with Crippen LogP contribution in [0, 0.1) is 6.10 Å². The summed E-state index contributed by atoms with van der Waals surface area (Å²) >= 11 is 0. The van der Waals surface area contributed by atoms with E-state index in [-0.39, 0.29) is 0 Å². The third-order valence-corrected chi connectivity index (χ3v) is 6.94. The van der Waals surface area contributed by atoms with Crippen molar-refractivity contribution in [3.63, 3.8) is 0 Å². The van der Waals surface area contributed by atoms with Crippen LogP contribution in [-0.2, 0) is 0 Å². The largest absolute Gasteiger partial charge is 0.396 e. The molecule has 0 saturated carbocycles. The van der Waals surface area contributed by atoms with Crippen LogP contribution >= 0.6 is 0 Å². The highest BCUT2D eigenvalue weighted by Gasteiger charge is 2.05. The van der Waals surface area contributed by atoms with Gasteiger partial charge in [0.15, 0.2) is 0 Å². The van der Waals surface area contributed by atoms with E-state index in [1.54, 1.807) is 0 Å². The van der Waals surface area contributed by atoms with Gasteiger partial charge in [0.25, 0.3) is 0 Å². The van der Waals surface area contributed by atoms with Crippen LogP contribution in [-0.4, -0.2) is 16.8 Å². The summed E-state index contributed by atoms with van der Waals surface area (Å²) in [5.74, 6) is 0. The summed E-state index contributed by atoms with van der Waals surface area (Å²) in [5, 5.41) is 18.9. The number of aliphatic hydroxyl groups excluding tert-OH is 2. The molecule has 0 fully saturated rings. The highest BCUT2D eigenvalue weighted by molar-refractivity contribution is 4.74. The molecule has 0 bridgehead atoms. The second-order valence-electron chi connectivity index (χ2n) is 10.3. The zero-order valence-electron chi connectivity index (χ0n) is 22.2. The Bertz CT molecular complexity index is 318. The fraction of sp³-hybridized carbons (Fsp3) is 0.967. The molecule has 0 atom stereocenters. The Morgan fingerprint density at radius 3 is 0.906 bits per heavy atom. The third-order valence-electron chi connectivity index (χ3n) is 6.94. The zero-order valence-corrected chi connectivity index (χ0v) is 22.2. The minimum absolute atomic E-state index is 0.354. The molecule has 0 aliphatic rings. The molecule has 0 amide bonds. The monoisotopic (exact) mass is 453 g/mol. The maximum absolute atomic E-state index is 10.1. The van der Waals surface area contributed by atoms with Gasteiger partial charge in [-0.15, -0.1) is 0 Å². The SMILES string of the molecule is CCCCCCCCCCCCCCCC[C](O)CCCCCCCCCCCCCO. The Morgan fingerprint density at radius 1 is 0.375 bits per heavy atom. The first kappa shape index (κ1) is 31.9. The van der Waals surface area contributed by atoms with E-state index in [1.807, 2.05) is 0 Å². The molecule has 0 unspecified atom stereocenters. The maximum Gasteiger partial charge on any atom is 0.0933 e. The number of rotatable bonds is 28. The molecule has 1 radical (unpaired) electrons. The van der Waals surface area contributed by atoms with Gasteiger partial charge < -0.3 is 10.2 Å². The summed E-state index contributed by atoms with van der Waals surface area (Å²) in [5.41, 5.74) is 0. The van der Waals surface area contributed by atoms with Crippen molar-refractivity contribution in [2.75, 3.05) is 6.61 Å². The van der Waals surface area contributed by atoms with Crippen molar-refractivity contribution < 1.29 is 10.2 Å². The van der Waals surface area contributed by atoms with Crippen molar-refractivity contribution in [3.8, 4) is 0 Å². The van der Waals surface area contributed by atoms with Crippen LogP contribution in [0.25, 0.3) is 0 Å². The standard InChI is InChI=1S/C30H61O2/c1-2-3-4-5-6-7-8-9-10-12-15-18-21-24-27-30(32)28-25-22-19-16-13-11-14-17-20-23-26-29-31/h31-32H,2-29H2,1H3. The molecular formula is C30H61O2. The van der Waals surface area contributed by atoms with Crippen LogP contribution in [0.1, 0.15) is 180 Å². The van der Waals surface area contributed by atoms with Crippen LogP contribution in [0.15, 0.2) is 0 Å². The Hall–Kier alpha value is -0.0800. The summed E-state index contributed by atoms with van der Waals surface area (Å²) in [6, 6.07) is 0. The van der Waals surface area contributed by atoms with Gasteiger partial charge in [0.2, 0.25) is 0 Å². The molecule has 0 rings (SSSR count). The normalized spacial score (nSPS) is 11.6. The molecule has 193 valence electrons. The summed E-state index contributed by atoms with van der Waals surface area (Å²) in [6.45, 7) is 2.64. The Labute approximate surface area is 203 Å². The van der Waals surface area contributed by atoms with Crippen LogP contribution in [0.3, 0.4) is 0 Å². The molecule has 0 aromatic carbocycles. The Kier molecular flexibility index (Phi) is 28.9. The summed E-state index contributed by atoms with van der Waals surface area (Å²) < 4.78 is 0. The van der Waals surface area contributed by atoms with Gasteiger partial charge in [0.1, 0.15) is 0 Å². The van der Waals surface area contributed by atoms with Crippen molar-refractivity contribution >= 4 is 0 Å². The number of unbranched alkanes of at least 4 members (excludes halogenated alkanes) is 23. The highest BCUT2D eigenvalue weighted by Crippen LogP contribution is 2.19. The lowest BCUT2D eigenvalue weighted by atomic mass is 10.0. The quantitative estimate of drug-likeness (QED) is 0.116. The molecule has 2 heteroatoms. The van der Waals surface area contributed by atoms with Gasteiger partial charge in [-0.2, -0.15) is 0 Å². The van der Waals surface area contributed by atoms with E-state index in [2.05, 4.69) is 6.92 Å². The first-order chi connectivity index (χ1) is 15.8. The van der Waals surface area contributed by atoms with Crippen LogP contribution < -0.4 is 0 Å². The second-order valence-corrected chi connectivity index (χ2v) is 10.3. The van der Waals surface area contributed by atoms with Gasteiger partial charge >= 0.3 is 0 Å². The average molecular weight is 454 g/mol. The molecule has 0 aliphatic carbocycles. The molecule has 0 aromatic heterocycles. The molecule has 0 spiro atoms. The lowest BCUT2D eigenvalue weighted by Crippen LogP contribution is -1.96. The molecule has 0 saturated heterocycles. The minimum Gasteiger partial charge on any atom is -0.396 e. The molecule has 0 aromatic rings. The average Bonchev–Trinajstić information content (AvgIpc) is 2.80. The van der Waals surface area contributed by atoms with Crippen molar-refractivity contribution in [1.29, 1.82) is 0 Å². The summed E-state index contributed by atoms with van der Waals surface area (Å²) in [6.07, 6.45) is 36.2. The second kappa shape index (κ2) is 29.0. The van der Waals surface area contributed by atoms with E-state index >= 15 is 0 Å². The lowest BCUT2D eigenvalue weighted by molar-refractivity contribution is 0.257. The molecule has 0 aliphatic heterocycles. The van der Waals surface area contributed by atoms with E-state index < -0.39 is 0 Å². The van der Waals surface area contributed by atoms with Crippen molar-refractivity contribution in [2.24, 2.45) is 0 Å². The highest BCUT2D eigenvalue weighted by atomic mass is 16.3. The topological polar surface area (TPSA) is 40.5 Å². The van der Waals surface area contributed by atoms with Crippen molar-refractivity contribution in [2.45, 2.75) is 180 Å². The smallest absolute Gasteiger partial charge is 0.0933 e. The zero-order chi connectivity index (χ0) is 23.4. The Morgan fingerprint density at radius 2 is 0.625 bits per heavy atom. The fourth-order valence-corrected chi connectivity index (χ4v) is 4.68. The van der Waals surface area contributed by atoms with Gasteiger partial charge in [0.05, 0.1) is 6.10 Å². The number of aliphatic hydroxyl groups is 2. The molecule has 32 heavy (non-hydrogen) atoms. The number of hydrogen-bond acceptors (Lipinski definition) is 2. The molecule has 2 nitrogen and oxygen atoms in total. The molecule has 0 heterocycles. The van der Waals surface area contributed by atoms with Crippen molar-refractivity contribution in [1.82, 2.24) is 0 Å². The first-order valence-electron chi connectivity index (χ1n) is 15.0. The first-order valence-corrected chi connectivity index (χ1v) is 15.0.